The minimum Gasteiger partial charge on any atom is -0.364 e. The van der Waals surface area contributed by atoms with Gasteiger partial charge in [0, 0.05) is 45.0 Å². The summed E-state index contributed by atoms with van der Waals surface area (Å²) in [6, 6.07) is 7.52. The molecule has 2 heterocycles. The summed E-state index contributed by atoms with van der Waals surface area (Å²) in [4.78, 5) is 29.0. The molecule has 0 spiro atoms. The zero-order valence-electron chi connectivity index (χ0n) is 18.1. The average Bonchev–Trinajstić information content (AvgIpc) is 3.25. The predicted octanol–water partition coefficient (Wildman–Crippen LogP) is 1.37. The summed E-state index contributed by atoms with van der Waals surface area (Å²) in [7, 11) is 0. The van der Waals surface area contributed by atoms with Crippen LogP contribution in [-0.4, -0.2) is 84.2 Å². The van der Waals surface area contributed by atoms with Crippen LogP contribution in [0.15, 0.2) is 24.3 Å². The van der Waals surface area contributed by atoms with Crippen LogP contribution >= 0.6 is 11.3 Å². The lowest BCUT2D eigenvalue weighted by Gasteiger charge is -2.33. The van der Waals surface area contributed by atoms with Crippen LogP contribution in [0.25, 0.3) is 0 Å². The standard InChI is InChI=1S/C21H30N6O3S/c1-3-26-10-12-27(13-11-26)9-8-22-18(28)14-30-15-19-24-25-21(31-19)20(29)23-17-6-4-16(2)5-7-17/h4-7H,3,8-15H2,1-2H3,(H,22,28)(H,23,29). The molecule has 2 amide bonds. The first-order chi connectivity index (χ1) is 15.0. The fraction of sp³-hybridized carbons (Fsp3) is 0.524. The molecule has 0 atom stereocenters. The highest BCUT2D eigenvalue weighted by Gasteiger charge is 2.16. The number of nitrogens with zero attached hydrogens (tertiary/aromatic N) is 4. The molecular weight excluding hydrogens is 416 g/mol. The Morgan fingerprint density at radius 3 is 2.52 bits per heavy atom. The summed E-state index contributed by atoms with van der Waals surface area (Å²) in [6.07, 6.45) is 0. The fourth-order valence-electron chi connectivity index (χ4n) is 3.19. The van der Waals surface area contributed by atoms with E-state index in [1.54, 1.807) is 0 Å². The molecule has 1 aliphatic rings. The van der Waals surface area contributed by atoms with E-state index in [1.165, 1.54) is 0 Å². The Morgan fingerprint density at radius 2 is 1.81 bits per heavy atom. The van der Waals surface area contributed by atoms with Gasteiger partial charge in [0.05, 0.1) is 0 Å². The highest BCUT2D eigenvalue weighted by atomic mass is 32.1. The summed E-state index contributed by atoms with van der Waals surface area (Å²) in [5.41, 5.74) is 1.82. The molecule has 2 N–H and O–H groups in total. The Hall–Kier alpha value is -2.40. The van der Waals surface area contributed by atoms with Crippen molar-refractivity contribution >= 4 is 28.8 Å². The molecule has 0 unspecified atom stereocenters. The number of aryl methyl sites for hydroxylation is 1. The van der Waals surface area contributed by atoms with Gasteiger partial charge in [0.2, 0.25) is 10.9 Å². The topological polar surface area (TPSA) is 99.7 Å². The van der Waals surface area contributed by atoms with Crippen LogP contribution in [0.5, 0.6) is 0 Å². The molecule has 3 rings (SSSR count). The normalized spacial score (nSPS) is 15.0. The Labute approximate surface area is 186 Å². The van der Waals surface area contributed by atoms with Crippen LogP contribution in [0.4, 0.5) is 5.69 Å². The SMILES string of the molecule is CCN1CCN(CCNC(=O)COCc2nnc(C(=O)Nc3ccc(C)cc3)s2)CC1. The van der Waals surface area contributed by atoms with Gasteiger partial charge >= 0.3 is 0 Å². The van der Waals surface area contributed by atoms with Crippen molar-refractivity contribution in [3.05, 3.63) is 39.8 Å². The number of likely N-dealkylation sites (N-methyl/N-ethyl adjacent to an activating group) is 1. The zero-order valence-corrected chi connectivity index (χ0v) is 18.9. The number of hydrogen-bond donors (Lipinski definition) is 2. The first kappa shape index (κ1) is 23.3. The monoisotopic (exact) mass is 446 g/mol. The lowest BCUT2D eigenvalue weighted by molar-refractivity contribution is -0.126. The molecular formula is C21H30N6O3S. The molecule has 31 heavy (non-hydrogen) atoms. The van der Waals surface area contributed by atoms with Crippen LogP contribution in [0.3, 0.4) is 0 Å². The van der Waals surface area contributed by atoms with E-state index in [-0.39, 0.29) is 30.0 Å². The third kappa shape index (κ3) is 7.66. The van der Waals surface area contributed by atoms with Gasteiger partial charge in [-0.25, -0.2) is 0 Å². The van der Waals surface area contributed by atoms with Gasteiger partial charge in [-0.2, -0.15) is 0 Å². The van der Waals surface area contributed by atoms with Gasteiger partial charge in [0.25, 0.3) is 5.91 Å². The van der Waals surface area contributed by atoms with Crippen LogP contribution < -0.4 is 10.6 Å². The fourth-order valence-corrected chi connectivity index (χ4v) is 3.86. The molecule has 0 saturated carbocycles. The van der Waals surface area contributed by atoms with Crippen molar-refractivity contribution in [2.45, 2.75) is 20.5 Å². The number of carbonyl (C=O) groups is 2. The van der Waals surface area contributed by atoms with E-state index in [0.29, 0.717) is 17.2 Å². The van der Waals surface area contributed by atoms with Crippen molar-refractivity contribution in [3.63, 3.8) is 0 Å². The number of rotatable bonds is 10. The molecule has 1 aliphatic heterocycles. The number of nitrogens with one attached hydrogen (secondary N) is 2. The zero-order chi connectivity index (χ0) is 22.1. The summed E-state index contributed by atoms with van der Waals surface area (Å²) < 4.78 is 5.42. The van der Waals surface area contributed by atoms with E-state index in [4.69, 9.17) is 4.74 Å². The number of amides is 2. The molecule has 9 nitrogen and oxygen atoms in total. The minimum absolute atomic E-state index is 0.0475. The summed E-state index contributed by atoms with van der Waals surface area (Å²) in [5, 5.41) is 14.3. The van der Waals surface area contributed by atoms with Crippen molar-refractivity contribution in [3.8, 4) is 0 Å². The molecule has 0 bridgehead atoms. The molecule has 2 aromatic rings. The van der Waals surface area contributed by atoms with Crippen LogP contribution in [0.1, 0.15) is 27.3 Å². The molecule has 1 aromatic heterocycles. The van der Waals surface area contributed by atoms with E-state index >= 15 is 0 Å². The van der Waals surface area contributed by atoms with Gasteiger partial charge in [0.1, 0.15) is 18.2 Å². The quantitative estimate of drug-likeness (QED) is 0.569. The number of anilines is 1. The molecule has 168 valence electrons. The lowest BCUT2D eigenvalue weighted by Crippen LogP contribution is -2.48. The Morgan fingerprint density at radius 1 is 1.10 bits per heavy atom. The number of aromatic nitrogens is 2. The van der Waals surface area contributed by atoms with Crippen LogP contribution in [0, 0.1) is 6.92 Å². The summed E-state index contributed by atoms with van der Waals surface area (Å²) in [6.45, 7) is 11.0. The Balaban J connectivity index is 1.31. The first-order valence-electron chi connectivity index (χ1n) is 10.5. The molecule has 1 aromatic carbocycles. The smallest absolute Gasteiger partial charge is 0.286 e. The summed E-state index contributed by atoms with van der Waals surface area (Å²) >= 11 is 1.15. The van der Waals surface area contributed by atoms with Crippen LogP contribution in [0.2, 0.25) is 0 Å². The number of ether oxygens (including phenoxy) is 1. The Bertz CT molecular complexity index is 849. The Kier molecular flexibility index (Phi) is 8.89. The minimum atomic E-state index is -0.315. The van der Waals surface area contributed by atoms with Gasteiger partial charge in [-0.05, 0) is 25.6 Å². The highest BCUT2D eigenvalue weighted by Crippen LogP contribution is 2.14. The summed E-state index contributed by atoms with van der Waals surface area (Å²) in [5.74, 6) is -0.473. The van der Waals surface area contributed by atoms with Crippen molar-refractivity contribution in [2.24, 2.45) is 0 Å². The van der Waals surface area contributed by atoms with E-state index in [2.05, 4.69) is 37.6 Å². The van der Waals surface area contributed by atoms with Crippen molar-refractivity contribution in [2.75, 3.05) is 57.7 Å². The largest absolute Gasteiger partial charge is 0.364 e. The van der Waals surface area contributed by atoms with E-state index < -0.39 is 0 Å². The molecule has 0 aliphatic carbocycles. The van der Waals surface area contributed by atoms with E-state index in [9.17, 15) is 9.59 Å². The van der Waals surface area contributed by atoms with Crippen molar-refractivity contribution in [1.29, 1.82) is 0 Å². The second-order valence-electron chi connectivity index (χ2n) is 7.44. The first-order valence-corrected chi connectivity index (χ1v) is 11.3. The van der Waals surface area contributed by atoms with Gasteiger partial charge in [-0.15, -0.1) is 10.2 Å². The lowest BCUT2D eigenvalue weighted by atomic mass is 10.2. The maximum Gasteiger partial charge on any atom is 0.286 e. The maximum atomic E-state index is 12.3. The van der Waals surface area contributed by atoms with Gasteiger partial charge < -0.3 is 20.3 Å². The maximum absolute atomic E-state index is 12.3. The predicted molar refractivity (Wildman–Crippen MR) is 120 cm³/mol. The van der Waals surface area contributed by atoms with Crippen LogP contribution in [-0.2, 0) is 16.1 Å². The van der Waals surface area contributed by atoms with Gasteiger partial charge in [0.15, 0.2) is 0 Å². The third-order valence-corrected chi connectivity index (χ3v) is 5.99. The second-order valence-corrected chi connectivity index (χ2v) is 8.50. The third-order valence-electron chi connectivity index (χ3n) is 5.09. The van der Waals surface area contributed by atoms with Gasteiger partial charge in [-0.3, -0.25) is 14.5 Å². The van der Waals surface area contributed by atoms with Crippen molar-refractivity contribution in [1.82, 2.24) is 25.3 Å². The second kappa shape index (κ2) is 11.8. The number of carbonyl (C=O) groups excluding carboxylic acids is 2. The van der Waals surface area contributed by atoms with Crippen molar-refractivity contribution < 1.29 is 14.3 Å². The number of benzene rings is 1. The molecule has 1 fully saturated rings. The van der Waals surface area contributed by atoms with E-state index in [0.717, 1.165) is 56.2 Å². The number of piperazine rings is 1. The molecule has 0 radical (unpaired) electrons. The highest BCUT2D eigenvalue weighted by molar-refractivity contribution is 7.13. The van der Waals surface area contributed by atoms with E-state index in [1.807, 2.05) is 31.2 Å². The molecule has 1 saturated heterocycles. The average molecular weight is 447 g/mol. The number of hydrogen-bond acceptors (Lipinski definition) is 8. The van der Waals surface area contributed by atoms with Gasteiger partial charge in [-0.1, -0.05) is 36.0 Å². The molecule has 10 heteroatoms.